The molecule has 1 aromatic rings. The lowest BCUT2D eigenvalue weighted by atomic mass is 10.2. The standard InChI is InChI=1S/C9H8F3NO/c1-6(14)5-7-3-2-4-8(13-7)9(10,11)12/h2-4H,5H2,1H3. The first-order chi connectivity index (χ1) is 6.39. The first-order valence-electron chi connectivity index (χ1n) is 3.92. The molecule has 0 amide bonds. The number of ketones is 1. The normalized spacial score (nSPS) is 11.4. The molecular formula is C9H8F3NO. The predicted molar refractivity (Wildman–Crippen MR) is 43.6 cm³/mol. The highest BCUT2D eigenvalue weighted by atomic mass is 19.4. The number of aromatic nitrogens is 1. The van der Waals surface area contributed by atoms with E-state index in [-0.39, 0.29) is 17.9 Å². The Bertz CT molecular complexity index is 346. The average molecular weight is 203 g/mol. The molecule has 1 aromatic heterocycles. The lowest BCUT2D eigenvalue weighted by Crippen LogP contribution is -2.10. The molecular weight excluding hydrogens is 195 g/mol. The van der Waals surface area contributed by atoms with Gasteiger partial charge in [-0.3, -0.25) is 4.79 Å². The maximum Gasteiger partial charge on any atom is 0.433 e. The molecule has 1 rings (SSSR count). The quantitative estimate of drug-likeness (QED) is 0.737. The van der Waals surface area contributed by atoms with Crippen molar-refractivity contribution in [3.05, 3.63) is 29.6 Å². The molecule has 0 saturated heterocycles. The molecule has 1 heterocycles. The van der Waals surface area contributed by atoms with Crippen LogP contribution in [-0.4, -0.2) is 10.8 Å². The Labute approximate surface area is 78.8 Å². The summed E-state index contributed by atoms with van der Waals surface area (Å²) in [4.78, 5) is 14.0. The summed E-state index contributed by atoms with van der Waals surface area (Å²) >= 11 is 0. The summed E-state index contributed by atoms with van der Waals surface area (Å²) in [6.45, 7) is 1.31. The molecule has 0 atom stereocenters. The lowest BCUT2D eigenvalue weighted by molar-refractivity contribution is -0.141. The van der Waals surface area contributed by atoms with Crippen LogP contribution in [-0.2, 0) is 17.4 Å². The van der Waals surface area contributed by atoms with E-state index in [1.54, 1.807) is 0 Å². The SMILES string of the molecule is CC(=O)Cc1cccc(C(F)(F)F)n1. The van der Waals surface area contributed by atoms with Gasteiger partial charge in [0.25, 0.3) is 0 Å². The van der Waals surface area contributed by atoms with Crippen molar-refractivity contribution in [1.29, 1.82) is 0 Å². The maximum atomic E-state index is 12.2. The summed E-state index contributed by atoms with van der Waals surface area (Å²) in [5, 5.41) is 0. The number of hydrogen-bond donors (Lipinski definition) is 0. The molecule has 2 nitrogen and oxygen atoms in total. The van der Waals surface area contributed by atoms with Crippen molar-refractivity contribution in [1.82, 2.24) is 4.98 Å². The van der Waals surface area contributed by atoms with E-state index < -0.39 is 11.9 Å². The lowest BCUT2D eigenvalue weighted by Gasteiger charge is -2.06. The molecule has 0 spiro atoms. The van der Waals surface area contributed by atoms with Crippen LogP contribution in [0.25, 0.3) is 0 Å². The summed E-state index contributed by atoms with van der Waals surface area (Å²) in [6, 6.07) is 3.52. The summed E-state index contributed by atoms with van der Waals surface area (Å²) in [5.41, 5.74) is -0.816. The van der Waals surface area contributed by atoms with Crippen molar-refractivity contribution in [2.45, 2.75) is 19.5 Å². The first kappa shape index (κ1) is 10.7. The maximum absolute atomic E-state index is 12.2. The van der Waals surface area contributed by atoms with Crippen LogP contribution in [0.15, 0.2) is 18.2 Å². The van der Waals surface area contributed by atoms with Gasteiger partial charge >= 0.3 is 6.18 Å². The zero-order valence-electron chi connectivity index (χ0n) is 7.43. The van der Waals surface area contributed by atoms with Gasteiger partial charge in [0.05, 0.1) is 0 Å². The van der Waals surface area contributed by atoms with Crippen LogP contribution in [0, 0.1) is 0 Å². The third kappa shape index (κ3) is 2.83. The summed E-state index contributed by atoms with van der Waals surface area (Å²) in [6.07, 6.45) is -4.52. The van der Waals surface area contributed by atoms with Gasteiger partial charge in [-0.15, -0.1) is 0 Å². The van der Waals surface area contributed by atoms with Gasteiger partial charge in [-0.2, -0.15) is 13.2 Å². The van der Waals surface area contributed by atoms with Crippen molar-refractivity contribution in [3.8, 4) is 0 Å². The van der Waals surface area contributed by atoms with E-state index in [4.69, 9.17) is 0 Å². The number of pyridine rings is 1. The Balaban J connectivity index is 2.95. The number of hydrogen-bond acceptors (Lipinski definition) is 2. The van der Waals surface area contributed by atoms with Crippen LogP contribution in [0.5, 0.6) is 0 Å². The molecule has 5 heteroatoms. The molecule has 0 aromatic carbocycles. The van der Waals surface area contributed by atoms with E-state index in [0.717, 1.165) is 6.07 Å². The van der Waals surface area contributed by atoms with Crippen molar-refractivity contribution in [2.24, 2.45) is 0 Å². The highest BCUT2D eigenvalue weighted by Crippen LogP contribution is 2.27. The van der Waals surface area contributed by atoms with Gasteiger partial charge in [-0.05, 0) is 19.1 Å². The van der Waals surface area contributed by atoms with Gasteiger partial charge in [0.15, 0.2) is 0 Å². The van der Waals surface area contributed by atoms with Crippen LogP contribution in [0.1, 0.15) is 18.3 Å². The molecule has 0 aliphatic heterocycles. The van der Waals surface area contributed by atoms with E-state index >= 15 is 0 Å². The van der Waals surface area contributed by atoms with Gasteiger partial charge in [-0.25, -0.2) is 4.98 Å². The third-order valence-corrected chi connectivity index (χ3v) is 1.53. The van der Waals surface area contributed by atoms with E-state index in [9.17, 15) is 18.0 Å². The highest BCUT2D eigenvalue weighted by Gasteiger charge is 2.32. The van der Waals surface area contributed by atoms with E-state index in [2.05, 4.69) is 4.98 Å². The van der Waals surface area contributed by atoms with Crippen LogP contribution in [0.2, 0.25) is 0 Å². The minimum Gasteiger partial charge on any atom is -0.300 e. The number of nitrogens with zero attached hydrogens (tertiary/aromatic N) is 1. The number of rotatable bonds is 2. The molecule has 0 saturated carbocycles. The van der Waals surface area contributed by atoms with Gasteiger partial charge in [-0.1, -0.05) is 6.07 Å². The van der Waals surface area contributed by atoms with Crippen LogP contribution in [0.4, 0.5) is 13.2 Å². The van der Waals surface area contributed by atoms with Crippen LogP contribution < -0.4 is 0 Å². The zero-order valence-corrected chi connectivity index (χ0v) is 7.43. The second-order valence-corrected chi connectivity index (χ2v) is 2.89. The molecule has 76 valence electrons. The van der Waals surface area contributed by atoms with E-state index in [0.29, 0.717) is 0 Å². The fourth-order valence-electron chi connectivity index (χ4n) is 0.991. The van der Waals surface area contributed by atoms with Crippen LogP contribution >= 0.6 is 0 Å². The Morgan fingerprint density at radius 3 is 2.57 bits per heavy atom. The Hall–Kier alpha value is -1.39. The first-order valence-corrected chi connectivity index (χ1v) is 3.92. The largest absolute Gasteiger partial charge is 0.433 e. The second kappa shape index (κ2) is 3.77. The van der Waals surface area contributed by atoms with E-state index in [1.807, 2.05) is 0 Å². The van der Waals surface area contributed by atoms with Crippen molar-refractivity contribution in [3.63, 3.8) is 0 Å². The van der Waals surface area contributed by atoms with E-state index in [1.165, 1.54) is 19.1 Å². The molecule has 0 fully saturated rings. The highest BCUT2D eigenvalue weighted by molar-refractivity contribution is 5.77. The zero-order chi connectivity index (χ0) is 10.8. The smallest absolute Gasteiger partial charge is 0.300 e. The number of carbonyl (C=O) groups excluding carboxylic acids is 1. The monoisotopic (exact) mass is 203 g/mol. The molecule has 14 heavy (non-hydrogen) atoms. The average Bonchev–Trinajstić information content (AvgIpc) is 2.01. The molecule has 0 aliphatic rings. The van der Waals surface area contributed by atoms with Crippen molar-refractivity contribution >= 4 is 5.78 Å². The molecule has 0 N–H and O–H groups in total. The van der Waals surface area contributed by atoms with Gasteiger partial charge in [0.2, 0.25) is 0 Å². The van der Waals surface area contributed by atoms with Crippen molar-refractivity contribution < 1.29 is 18.0 Å². The van der Waals surface area contributed by atoms with Gasteiger partial charge in [0, 0.05) is 12.1 Å². The summed E-state index contributed by atoms with van der Waals surface area (Å²) in [7, 11) is 0. The summed E-state index contributed by atoms with van der Waals surface area (Å²) < 4.78 is 36.5. The van der Waals surface area contributed by atoms with Crippen molar-refractivity contribution in [2.75, 3.05) is 0 Å². The number of carbonyl (C=O) groups is 1. The minimum absolute atomic E-state index is 0.0656. The Morgan fingerprint density at radius 2 is 2.07 bits per heavy atom. The topological polar surface area (TPSA) is 30.0 Å². The van der Waals surface area contributed by atoms with Gasteiger partial charge in [0.1, 0.15) is 11.5 Å². The number of alkyl halides is 3. The predicted octanol–water partition coefficient (Wildman–Crippen LogP) is 2.23. The fourth-order valence-corrected chi connectivity index (χ4v) is 0.991. The van der Waals surface area contributed by atoms with Gasteiger partial charge < -0.3 is 0 Å². The molecule has 0 aliphatic carbocycles. The summed E-state index contributed by atoms with van der Waals surface area (Å²) in [5.74, 6) is -0.211. The Morgan fingerprint density at radius 1 is 1.43 bits per heavy atom. The third-order valence-electron chi connectivity index (χ3n) is 1.53. The molecule has 0 unspecified atom stereocenters. The number of halogens is 3. The molecule has 0 radical (unpaired) electrons. The minimum atomic E-state index is -4.45. The van der Waals surface area contributed by atoms with Crippen LogP contribution in [0.3, 0.4) is 0 Å². The molecule has 0 bridgehead atoms. The Kier molecular flexibility index (Phi) is 2.88. The fraction of sp³-hybridized carbons (Fsp3) is 0.333. The second-order valence-electron chi connectivity index (χ2n) is 2.89. The number of Topliss-reactive ketones (excluding diaryl/α,β-unsaturated/α-hetero) is 1.